The number of amides is 1. The lowest BCUT2D eigenvalue weighted by molar-refractivity contribution is -0.115. The number of fused-ring (bicyclic) bond motifs is 1. The van der Waals surface area contributed by atoms with E-state index in [1.807, 2.05) is 37.4 Å². The lowest BCUT2D eigenvalue weighted by Gasteiger charge is -2.09. The number of phenolic OH excluding ortho intramolecular Hbond substituents is 1. The minimum absolute atomic E-state index is 0.0744. The summed E-state index contributed by atoms with van der Waals surface area (Å²) in [4.78, 5) is 15.2. The molecule has 0 bridgehead atoms. The number of benzene rings is 2. The molecule has 0 saturated carbocycles. The minimum Gasteiger partial charge on any atom is -0.508 e. The maximum absolute atomic E-state index is 12.1. The number of aryl methyl sites for hydroxylation is 1. The Balaban J connectivity index is 1.73. The molecule has 0 aliphatic rings. The van der Waals surface area contributed by atoms with Gasteiger partial charge in [0.2, 0.25) is 5.91 Å². The number of aromatic hydroxyl groups is 1. The molecule has 0 aliphatic carbocycles. The van der Waals surface area contributed by atoms with Gasteiger partial charge in [0.15, 0.2) is 0 Å². The predicted molar refractivity (Wildman–Crippen MR) is 83.5 cm³/mol. The second-order valence-corrected chi connectivity index (χ2v) is 5.12. The van der Waals surface area contributed by atoms with Crippen molar-refractivity contribution >= 4 is 22.5 Å². The lowest BCUT2D eigenvalue weighted by atomic mass is 10.1. The van der Waals surface area contributed by atoms with Crippen molar-refractivity contribution in [2.45, 2.75) is 13.3 Å². The fraction of sp³-hybridized carbons (Fsp3) is 0.118. The van der Waals surface area contributed by atoms with Crippen LogP contribution in [0.15, 0.2) is 48.7 Å². The van der Waals surface area contributed by atoms with Gasteiger partial charge < -0.3 is 15.4 Å². The normalized spacial score (nSPS) is 10.7. The van der Waals surface area contributed by atoms with Crippen molar-refractivity contribution in [1.82, 2.24) is 4.98 Å². The van der Waals surface area contributed by atoms with Gasteiger partial charge in [-0.15, -0.1) is 0 Å². The number of nitrogens with one attached hydrogen (secondary N) is 2. The van der Waals surface area contributed by atoms with E-state index in [1.165, 1.54) is 0 Å². The number of hydrogen-bond donors (Lipinski definition) is 3. The molecule has 1 heterocycles. The quantitative estimate of drug-likeness (QED) is 0.644. The van der Waals surface area contributed by atoms with Gasteiger partial charge in [0, 0.05) is 17.4 Å². The molecular formula is C17H16N2O2. The summed E-state index contributed by atoms with van der Waals surface area (Å²) in [6.07, 6.45) is 2.20. The molecule has 0 unspecified atom stereocenters. The summed E-state index contributed by atoms with van der Waals surface area (Å²) in [5.74, 6) is 0.123. The van der Waals surface area contributed by atoms with Crippen LogP contribution in [-0.2, 0) is 11.2 Å². The Bertz CT molecular complexity index is 805. The first-order chi connectivity index (χ1) is 10.1. The standard InChI is InChI=1S/C17H16N2O2/c1-11-8-14(20)4-5-15(11)19-17(21)10-12-2-3-13-6-7-18-16(13)9-12/h2-9,18,20H,10H2,1H3,(H,19,21). The summed E-state index contributed by atoms with van der Waals surface area (Å²) >= 11 is 0. The van der Waals surface area contributed by atoms with Crippen LogP contribution in [0.2, 0.25) is 0 Å². The van der Waals surface area contributed by atoms with Crippen LogP contribution in [-0.4, -0.2) is 16.0 Å². The third kappa shape index (κ3) is 2.89. The zero-order chi connectivity index (χ0) is 14.8. The number of aromatic nitrogens is 1. The molecule has 0 spiro atoms. The first-order valence-corrected chi connectivity index (χ1v) is 6.77. The lowest BCUT2D eigenvalue weighted by Crippen LogP contribution is -2.15. The van der Waals surface area contributed by atoms with E-state index in [-0.39, 0.29) is 11.7 Å². The van der Waals surface area contributed by atoms with Crippen molar-refractivity contribution in [3.05, 3.63) is 59.8 Å². The molecule has 21 heavy (non-hydrogen) atoms. The highest BCUT2D eigenvalue weighted by atomic mass is 16.3. The van der Waals surface area contributed by atoms with Gasteiger partial charge in [0.1, 0.15) is 5.75 Å². The SMILES string of the molecule is Cc1cc(O)ccc1NC(=O)Cc1ccc2cc[nH]c2c1. The summed E-state index contributed by atoms with van der Waals surface area (Å²) in [6, 6.07) is 12.8. The van der Waals surface area contributed by atoms with E-state index in [1.54, 1.807) is 18.2 Å². The largest absolute Gasteiger partial charge is 0.508 e. The molecule has 106 valence electrons. The van der Waals surface area contributed by atoms with Crippen LogP contribution < -0.4 is 5.32 Å². The van der Waals surface area contributed by atoms with Crippen LogP contribution in [0.4, 0.5) is 5.69 Å². The highest BCUT2D eigenvalue weighted by molar-refractivity contribution is 5.93. The van der Waals surface area contributed by atoms with E-state index in [0.29, 0.717) is 6.42 Å². The van der Waals surface area contributed by atoms with Crippen molar-refractivity contribution in [2.75, 3.05) is 5.32 Å². The molecule has 3 aromatic rings. The van der Waals surface area contributed by atoms with Gasteiger partial charge in [-0.05, 0) is 53.8 Å². The molecule has 1 amide bonds. The molecule has 0 aliphatic heterocycles. The number of aromatic amines is 1. The third-order valence-electron chi connectivity index (χ3n) is 3.47. The minimum atomic E-state index is -0.0744. The fourth-order valence-electron chi connectivity index (χ4n) is 2.37. The third-order valence-corrected chi connectivity index (χ3v) is 3.47. The highest BCUT2D eigenvalue weighted by Gasteiger charge is 2.07. The van der Waals surface area contributed by atoms with Crippen LogP contribution >= 0.6 is 0 Å². The second-order valence-electron chi connectivity index (χ2n) is 5.12. The van der Waals surface area contributed by atoms with Gasteiger partial charge in [-0.25, -0.2) is 0 Å². The van der Waals surface area contributed by atoms with E-state index >= 15 is 0 Å². The monoisotopic (exact) mass is 280 g/mol. The molecule has 4 nitrogen and oxygen atoms in total. The topological polar surface area (TPSA) is 65.1 Å². The highest BCUT2D eigenvalue weighted by Crippen LogP contribution is 2.20. The van der Waals surface area contributed by atoms with Crippen molar-refractivity contribution in [1.29, 1.82) is 0 Å². The van der Waals surface area contributed by atoms with Crippen LogP contribution in [0.3, 0.4) is 0 Å². The van der Waals surface area contributed by atoms with Crippen LogP contribution in [0.1, 0.15) is 11.1 Å². The van der Waals surface area contributed by atoms with E-state index in [4.69, 9.17) is 0 Å². The molecule has 0 fully saturated rings. The number of phenols is 1. The fourth-order valence-corrected chi connectivity index (χ4v) is 2.37. The zero-order valence-electron chi connectivity index (χ0n) is 11.7. The molecule has 4 heteroatoms. The first kappa shape index (κ1) is 13.2. The average Bonchev–Trinajstić information content (AvgIpc) is 2.89. The van der Waals surface area contributed by atoms with Gasteiger partial charge in [0.25, 0.3) is 0 Å². The van der Waals surface area contributed by atoms with Crippen LogP contribution in [0.5, 0.6) is 5.75 Å². The maximum Gasteiger partial charge on any atom is 0.228 e. The molecule has 3 N–H and O–H groups in total. The van der Waals surface area contributed by atoms with Gasteiger partial charge in [-0.3, -0.25) is 4.79 Å². The average molecular weight is 280 g/mol. The summed E-state index contributed by atoms with van der Waals surface area (Å²) in [5.41, 5.74) is 3.54. The van der Waals surface area contributed by atoms with E-state index in [9.17, 15) is 9.90 Å². The molecule has 0 radical (unpaired) electrons. The molecule has 0 saturated heterocycles. The number of carbonyl (C=O) groups is 1. The van der Waals surface area contributed by atoms with E-state index in [2.05, 4.69) is 10.3 Å². The molecule has 0 atom stereocenters. The number of rotatable bonds is 3. The predicted octanol–water partition coefficient (Wildman–Crippen LogP) is 3.36. The summed E-state index contributed by atoms with van der Waals surface area (Å²) < 4.78 is 0. The Morgan fingerprint density at radius 1 is 1.19 bits per heavy atom. The van der Waals surface area contributed by atoms with Gasteiger partial charge in [-0.2, -0.15) is 0 Å². The Kier molecular flexibility index (Phi) is 3.36. The van der Waals surface area contributed by atoms with E-state index < -0.39 is 0 Å². The number of anilines is 1. The van der Waals surface area contributed by atoms with E-state index in [0.717, 1.165) is 27.7 Å². The maximum atomic E-state index is 12.1. The molecule has 2 aromatic carbocycles. The Morgan fingerprint density at radius 3 is 2.86 bits per heavy atom. The number of carbonyl (C=O) groups excluding carboxylic acids is 1. The molecule has 3 rings (SSSR count). The Hall–Kier alpha value is -2.75. The smallest absolute Gasteiger partial charge is 0.228 e. The summed E-state index contributed by atoms with van der Waals surface area (Å²) in [5, 5.41) is 13.4. The van der Waals surface area contributed by atoms with Gasteiger partial charge >= 0.3 is 0 Å². The Morgan fingerprint density at radius 2 is 2.05 bits per heavy atom. The first-order valence-electron chi connectivity index (χ1n) is 6.77. The molecule has 1 aromatic heterocycles. The second kappa shape index (κ2) is 5.32. The van der Waals surface area contributed by atoms with Crippen LogP contribution in [0.25, 0.3) is 10.9 Å². The number of hydrogen-bond acceptors (Lipinski definition) is 2. The van der Waals surface area contributed by atoms with Crippen molar-refractivity contribution in [3.8, 4) is 5.75 Å². The van der Waals surface area contributed by atoms with Gasteiger partial charge in [0.05, 0.1) is 6.42 Å². The van der Waals surface area contributed by atoms with Crippen molar-refractivity contribution in [3.63, 3.8) is 0 Å². The van der Waals surface area contributed by atoms with Gasteiger partial charge in [-0.1, -0.05) is 12.1 Å². The Labute approximate surface area is 122 Å². The number of H-pyrrole nitrogens is 1. The van der Waals surface area contributed by atoms with Crippen molar-refractivity contribution < 1.29 is 9.90 Å². The summed E-state index contributed by atoms with van der Waals surface area (Å²) in [6.45, 7) is 1.85. The van der Waals surface area contributed by atoms with Crippen LogP contribution in [0, 0.1) is 6.92 Å². The van der Waals surface area contributed by atoms with Crippen molar-refractivity contribution in [2.24, 2.45) is 0 Å². The summed E-state index contributed by atoms with van der Waals surface area (Å²) in [7, 11) is 0. The molecular weight excluding hydrogens is 264 g/mol. The zero-order valence-corrected chi connectivity index (χ0v) is 11.7.